The minimum Gasteiger partial charge on any atom is -0.365 e. The van der Waals surface area contributed by atoms with Crippen LogP contribution in [0.5, 0.6) is 0 Å². The summed E-state index contributed by atoms with van der Waals surface area (Å²) in [6.07, 6.45) is 8.24. The van der Waals surface area contributed by atoms with Crippen LogP contribution in [0, 0.1) is 0 Å². The SMILES string of the molecule is c1cc(-c2ccc3c(c2)N(Cc2cnc[nH]2)CC3)cnn1. The molecular weight excluding hydrogens is 262 g/mol. The second-order valence-corrected chi connectivity index (χ2v) is 5.22. The Morgan fingerprint density at radius 2 is 2.10 bits per heavy atom. The van der Waals surface area contributed by atoms with Gasteiger partial charge in [-0.3, -0.25) is 0 Å². The summed E-state index contributed by atoms with van der Waals surface area (Å²) in [5.74, 6) is 0. The van der Waals surface area contributed by atoms with Crippen LogP contribution < -0.4 is 4.90 Å². The lowest BCUT2D eigenvalue weighted by Crippen LogP contribution is -2.19. The lowest BCUT2D eigenvalue weighted by molar-refractivity contribution is 0.819. The van der Waals surface area contributed by atoms with Crippen molar-refractivity contribution in [2.75, 3.05) is 11.4 Å². The van der Waals surface area contributed by atoms with Crippen molar-refractivity contribution in [3.05, 3.63) is 60.4 Å². The first kappa shape index (κ1) is 12.1. The van der Waals surface area contributed by atoms with Crippen LogP contribution in [0.15, 0.2) is 49.2 Å². The zero-order valence-corrected chi connectivity index (χ0v) is 11.5. The van der Waals surface area contributed by atoms with E-state index in [2.05, 4.69) is 43.3 Å². The number of H-pyrrole nitrogens is 1. The van der Waals surface area contributed by atoms with Gasteiger partial charge in [-0.05, 0) is 29.7 Å². The second kappa shape index (κ2) is 5.01. The number of rotatable bonds is 3. The Bertz CT molecular complexity index is 737. The number of hydrogen-bond donors (Lipinski definition) is 1. The van der Waals surface area contributed by atoms with Crippen molar-refractivity contribution in [1.82, 2.24) is 20.2 Å². The fraction of sp³-hybridized carbons (Fsp3) is 0.188. The molecule has 5 nitrogen and oxygen atoms in total. The Labute approximate surface area is 122 Å². The van der Waals surface area contributed by atoms with Crippen molar-refractivity contribution < 1.29 is 0 Å². The summed E-state index contributed by atoms with van der Waals surface area (Å²) in [5.41, 5.74) is 6.12. The third-order valence-electron chi connectivity index (χ3n) is 3.91. The minimum absolute atomic E-state index is 0.866. The van der Waals surface area contributed by atoms with E-state index in [0.29, 0.717) is 0 Å². The summed E-state index contributed by atoms with van der Waals surface area (Å²) in [4.78, 5) is 9.65. The maximum atomic E-state index is 4.09. The van der Waals surface area contributed by atoms with Gasteiger partial charge in [-0.2, -0.15) is 10.2 Å². The third-order valence-corrected chi connectivity index (χ3v) is 3.91. The van der Waals surface area contributed by atoms with Crippen molar-refractivity contribution in [3.63, 3.8) is 0 Å². The molecule has 0 atom stereocenters. The smallest absolute Gasteiger partial charge is 0.0922 e. The molecule has 3 heterocycles. The van der Waals surface area contributed by atoms with E-state index in [-0.39, 0.29) is 0 Å². The van der Waals surface area contributed by atoms with Gasteiger partial charge in [-0.1, -0.05) is 12.1 Å². The van der Waals surface area contributed by atoms with Crippen molar-refractivity contribution >= 4 is 5.69 Å². The predicted octanol–water partition coefficient (Wildman–Crippen LogP) is 2.43. The molecule has 3 aromatic rings. The van der Waals surface area contributed by atoms with E-state index in [1.165, 1.54) is 16.8 Å². The number of nitrogens with zero attached hydrogens (tertiary/aromatic N) is 4. The lowest BCUT2D eigenvalue weighted by atomic mass is 10.0. The van der Waals surface area contributed by atoms with Gasteiger partial charge >= 0.3 is 0 Å². The highest BCUT2D eigenvalue weighted by atomic mass is 15.2. The van der Waals surface area contributed by atoms with Crippen molar-refractivity contribution in [1.29, 1.82) is 0 Å². The molecule has 1 N–H and O–H groups in total. The number of imidazole rings is 1. The number of hydrogen-bond acceptors (Lipinski definition) is 4. The van der Waals surface area contributed by atoms with Crippen LogP contribution in [0.25, 0.3) is 11.1 Å². The molecule has 21 heavy (non-hydrogen) atoms. The van der Waals surface area contributed by atoms with Gasteiger partial charge in [0.15, 0.2) is 0 Å². The summed E-state index contributed by atoms with van der Waals surface area (Å²) in [7, 11) is 0. The average molecular weight is 277 g/mol. The van der Waals surface area contributed by atoms with E-state index in [9.17, 15) is 0 Å². The highest BCUT2D eigenvalue weighted by molar-refractivity contribution is 5.71. The Hall–Kier alpha value is -2.69. The van der Waals surface area contributed by atoms with Crippen LogP contribution in [0.4, 0.5) is 5.69 Å². The Kier molecular flexibility index (Phi) is 2.88. The van der Waals surface area contributed by atoms with E-state index in [1.54, 1.807) is 18.7 Å². The number of aromatic amines is 1. The standard InChI is InChI=1S/C16H15N5/c1-2-13(14-3-5-19-20-8-14)7-16-12(1)4-6-21(16)10-15-9-17-11-18-15/h1-3,5,7-9,11H,4,6,10H2,(H,17,18). The predicted molar refractivity (Wildman–Crippen MR) is 80.8 cm³/mol. The molecular formula is C16H15N5. The molecule has 0 bridgehead atoms. The van der Waals surface area contributed by atoms with Crippen molar-refractivity contribution in [3.8, 4) is 11.1 Å². The van der Waals surface area contributed by atoms with E-state index < -0.39 is 0 Å². The molecule has 0 spiro atoms. The molecule has 5 heteroatoms. The van der Waals surface area contributed by atoms with Crippen molar-refractivity contribution in [2.45, 2.75) is 13.0 Å². The summed E-state index contributed by atoms with van der Waals surface area (Å²) in [5, 5.41) is 7.79. The van der Waals surface area contributed by atoms with Gasteiger partial charge in [0.1, 0.15) is 0 Å². The maximum Gasteiger partial charge on any atom is 0.0922 e. The van der Waals surface area contributed by atoms with Crippen molar-refractivity contribution in [2.24, 2.45) is 0 Å². The van der Waals surface area contributed by atoms with Gasteiger partial charge in [0.05, 0.1) is 31.0 Å². The first-order valence-electron chi connectivity index (χ1n) is 7.02. The zero-order chi connectivity index (χ0) is 14.1. The normalized spacial score (nSPS) is 13.4. The Morgan fingerprint density at radius 3 is 2.90 bits per heavy atom. The van der Waals surface area contributed by atoms with Crippen LogP contribution in [0.3, 0.4) is 0 Å². The van der Waals surface area contributed by atoms with Crippen LogP contribution in [0.2, 0.25) is 0 Å². The molecule has 0 fully saturated rings. The number of aromatic nitrogens is 4. The molecule has 4 rings (SSSR count). The third kappa shape index (κ3) is 2.27. The van der Waals surface area contributed by atoms with Gasteiger partial charge in [-0.15, -0.1) is 0 Å². The Morgan fingerprint density at radius 1 is 1.10 bits per heavy atom. The second-order valence-electron chi connectivity index (χ2n) is 5.22. The van der Waals surface area contributed by atoms with Gasteiger partial charge in [-0.25, -0.2) is 4.98 Å². The zero-order valence-electron chi connectivity index (χ0n) is 11.5. The summed E-state index contributed by atoms with van der Waals surface area (Å²) >= 11 is 0. The lowest BCUT2D eigenvalue weighted by Gasteiger charge is -2.19. The molecule has 0 radical (unpaired) electrons. The van der Waals surface area contributed by atoms with Gasteiger partial charge in [0.25, 0.3) is 0 Å². The van der Waals surface area contributed by atoms with Gasteiger partial charge < -0.3 is 9.88 Å². The number of fused-ring (bicyclic) bond motifs is 1. The first-order valence-corrected chi connectivity index (χ1v) is 7.02. The highest BCUT2D eigenvalue weighted by Crippen LogP contribution is 2.33. The number of anilines is 1. The van der Waals surface area contributed by atoms with E-state index in [1.807, 2.05) is 12.3 Å². The van der Waals surface area contributed by atoms with E-state index in [4.69, 9.17) is 0 Å². The number of benzene rings is 1. The fourth-order valence-corrected chi connectivity index (χ4v) is 2.83. The van der Waals surface area contributed by atoms with Gasteiger partial charge in [0, 0.05) is 24.0 Å². The quantitative estimate of drug-likeness (QED) is 0.799. The number of nitrogens with one attached hydrogen (secondary N) is 1. The molecule has 0 aliphatic carbocycles. The molecule has 1 aliphatic heterocycles. The van der Waals surface area contributed by atoms with E-state index >= 15 is 0 Å². The maximum absolute atomic E-state index is 4.09. The Balaban J connectivity index is 1.67. The first-order chi connectivity index (χ1) is 10.4. The van der Waals surface area contributed by atoms with E-state index in [0.717, 1.165) is 30.8 Å². The van der Waals surface area contributed by atoms with Crippen LogP contribution in [-0.4, -0.2) is 26.7 Å². The molecule has 0 saturated heterocycles. The average Bonchev–Trinajstić information content (AvgIpc) is 3.19. The molecule has 2 aromatic heterocycles. The molecule has 0 amide bonds. The molecule has 0 saturated carbocycles. The highest BCUT2D eigenvalue weighted by Gasteiger charge is 2.20. The van der Waals surface area contributed by atoms with Crippen LogP contribution >= 0.6 is 0 Å². The minimum atomic E-state index is 0.866. The summed E-state index contributed by atoms with van der Waals surface area (Å²) in [6, 6.07) is 8.62. The van der Waals surface area contributed by atoms with Gasteiger partial charge in [0.2, 0.25) is 0 Å². The van der Waals surface area contributed by atoms with Crippen LogP contribution in [0.1, 0.15) is 11.3 Å². The summed E-state index contributed by atoms with van der Waals surface area (Å²) < 4.78 is 0. The topological polar surface area (TPSA) is 57.7 Å². The summed E-state index contributed by atoms with van der Waals surface area (Å²) in [6.45, 7) is 1.91. The monoisotopic (exact) mass is 277 g/mol. The fourth-order valence-electron chi connectivity index (χ4n) is 2.83. The van der Waals surface area contributed by atoms with Crippen LogP contribution in [-0.2, 0) is 13.0 Å². The molecule has 1 aromatic carbocycles. The molecule has 1 aliphatic rings. The largest absolute Gasteiger partial charge is 0.365 e. The molecule has 0 unspecified atom stereocenters. The molecule has 104 valence electrons.